The van der Waals surface area contributed by atoms with Gasteiger partial charge in [-0.15, -0.1) is 10.2 Å². The van der Waals surface area contributed by atoms with Gasteiger partial charge >= 0.3 is 0 Å². The van der Waals surface area contributed by atoms with E-state index in [1.807, 2.05) is 34.9 Å². The monoisotopic (exact) mass is 337 g/mol. The molecule has 0 aliphatic carbocycles. The molecular formula is C18H19N5O2. The Morgan fingerprint density at radius 3 is 2.60 bits per heavy atom. The molecule has 2 heterocycles. The van der Waals surface area contributed by atoms with E-state index in [-0.39, 0.29) is 18.4 Å². The fourth-order valence-electron chi connectivity index (χ4n) is 2.45. The van der Waals surface area contributed by atoms with Gasteiger partial charge in [-0.05, 0) is 30.7 Å². The van der Waals surface area contributed by atoms with Crippen LogP contribution in [0.4, 0.5) is 0 Å². The van der Waals surface area contributed by atoms with E-state index in [1.54, 1.807) is 24.3 Å². The third kappa shape index (κ3) is 4.41. The summed E-state index contributed by atoms with van der Waals surface area (Å²) >= 11 is 0. The highest BCUT2D eigenvalue weighted by molar-refractivity contribution is 5.96. The van der Waals surface area contributed by atoms with Crippen molar-refractivity contribution in [2.24, 2.45) is 0 Å². The SMILES string of the molecule is O=C(CNC(=O)c1ccccc1)NCCCc1nnc2ccccn12. The molecule has 0 fully saturated rings. The lowest BCUT2D eigenvalue weighted by molar-refractivity contribution is -0.120. The molecule has 0 radical (unpaired) electrons. The zero-order valence-corrected chi connectivity index (χ0v) is 13.7. The van der Waals surface area contributed by atoms with Gasteiger partial charge in [-0.2, -0.15) is 0 Å². The van der Waals surface area contributed by atoms with Crippen molar-refractivity contribution in [3.05, 3.63) is 66.1 Å². The fourth-order valence-corrected chi connectivity index (χ4v) is 2.45. The van der Waals surface area contributed by atoms with Crippen LogP contribution in [0.3, 0.4) is 0 Å². The summed E-state index contributed by atoms with van der Waals surface area (Å²) in [6, 6.07) is 14.5. The first-order valence-corrected chi connectivity index (χ1v) is 8.12. The topological polar surface area (TPSA) is 88.4 Å². The predicted octanol–water partition coefficient (Wildman–Crippen LogP) is 1.21. The smallest absolute Gasteiger partial charge is 0.251 e. The number of amides is 2. The van der Waals surface area contributed by atoms with Gasteiger partial charge in [0.15, 0.2) is 5.65 Å². The molecule has 25 heavy (non-hydrogen) atoms. The van der Waals surface area contributed by atoms with Gasteiger partial charge in [0.1, 0.15) is 5.82 Å². The zero-order chi connectivity index (χ0) is 17.5. The van der Waals surface area contributed by atoms with E-state index in [9.17, 15) is 9.59 Å². The highest BCUT2D eigenvalue weighted by Gasteiger charge is 2.08. The lowest BCUT2D eigenvalue weighted by atomic mass is 10.2. The summed E-state index contributed by atoms with van der Waals surface area (Å²) in [5.41, 5.74) is 1.35. The Labute approximate surface area is 145 Å². The van der Waals surface area contributed by atoms with Crippen molar-refractivity contribution in [1.29, 1.82) is 0 Å². The second-order valence-electron chi connectivity index (χ2n) is 5.55. The van der Waals surface area contributed by atoms with Gasteiger partial charge in [-0.3, -0.25) is 14.0 Å². The van der Waals surface area contributed by atoms with Gasteiger partial charge in [0.25, 0.3) is 5.91 Å². The second-order valence-corrected chi connectivity index (χ2v) is 5.55. The van der Waals surface area contributed by atoms with Gasteiger partial charge in [0.05, 0.1) is 6.54 Å². The maximum Gasteiger partial charge on any atom is 0.251 e. The van der Waals surface area contributed by atoms with Gasteiger partial charge in [-0.25, -0.2) is 0 Å². The molecule has 7 nitrogen and oxygen atoms in total. The number of rotatable bonds is 7. The van der Waals surface area contributed by atoms with Crippen molar-refractivity contribution in [3.63, 3.8) is 0 Å². The van der Waals surface area contributed by atoms with E-state index in [0.717, 1.165) is 17.9 Å². The van der Waals surface area contributed by atoms with Crippen LogP contribution < -0.4 is 10.6 Å². The Hall–Kier alpha value is -3.22. The minimum Gasteiger partial charge on any atom is -0.355 e. The number of carbonyl (C=O) groups excluding carboxylic acids is 2. The summed E-state index contributed by atoms with van der Waals surface area (Å²) in [4.78, 5) is 23.6. The number of aromatic nitrogens is 3. The zero-order valence-electron chi connectivity index (χ0n) is 13.7. The van der Waals surface area contributed by atoms with Gasteiger partial charge < -0.3 is 10.6 Å². The normalized spacial score (nSPS) is 10.6. The number of pyridine rings is 1. The van der Waals surface area contributed by atoms with Crippen molar-refractivity contribution in [1.82, 2.24) is 25.2 Å². The fraction of sp³-hybridized carbons (Fsp3) is 0.222. The van der Waals surface area contributed by atoms with E-state index in [1.165, 1.54) is 0 Å². The molecule has 128 valence electrons. The molecule has 2 amide bonds. The molecule has 0 aliphatic rings. The largest absolute Gasteiger partial charge is 0.355 e. The van der Waals surface area contributed by atoms with Crippen LogP contribution in [0.25, 0.3) is 5.65 Å². The van der Waals surface area contributed by atoms with E-state index in [0.29, 0.717) is 18.5 Å². The quantitative estimate of drug-likeness (QED) is 0.634. The van der Waals surface area contributed by atoms with Crippen LogP contribution in [0.15, 0.2) is 54.7 Å². The van der Waals surface area contributed by atoms with E-state index in [2.05, 4.69) is 20.8 Å². The molecule has 0 spiro atoms. The molecule has 3 aromatic rings. The molecule has 0 aliphatic heterocycles. The molecule has 0 bridgehead atoms. The third-order valence-corrected chi connectivity index (χ3v) is 3.73. The maximum absolute atomic E-state index is 11.8. The Morgan fingerprint density at radius 1 is 0.960 bits per heavy atom. The van der Waals surface area contributed by atoms with Crippen LogP contribution in [0, 0.1) is 0 Å². The number of hydrogen-bond acceptors (Lipinski definition) is 4. The summed E-state index contributed by atoms with van der Waals surface area (Å²) in [6.45, 7) is 0.476. The third-order valence-electron chi connectivity index (χ3n) is 3.73. The molecule has 0 atom stereocenters. The van der Waals surface area contributed by atoms with Crippen molar-refractivity contribution < 1.29 is 9.59 Å². The van der Waals surface area contributed by atoms with Gasteiger partial charge in [0.2, 0.25) is 5.91 Å². The second kappa shape index (κ2) is 8.05. The molecule has 1 aromatic carbocycles. The van der Waals surface area contributed by atoms with Crippen LogP contribution >= 0.6 is 0 Å². The summed E-state index contributed by atoms with van der Waals surface area (Å²) in [7, 11) is 0. The minimum absolute atomic E-state index is 0.0401. The van der Waals surface area contributed by atoms with Gasteiger partial charge in [-0.1, -0.05) is 24.3 Å². The molecule has 0 saturated heterocycles. The van der Waals surface area contributed by atoms with E-state index < -0.39 is 0 Å². The number of fused-ring (bicyclic) bond motifs is 1. The lowest BCUT2D eigenvalue weighted by Gasteiger charge is -2.07. The average Bonchev–Trinajstić information content (AvgIpc) is 3.07. The van der Waals surface area contributed by atoms with Crippen LogP contribution in [0.5, 0.6) is 0 Å². The molecular weight excluding hydrogens is 318 g/mol. The first-order valence-electron chi connectivity index (χ1n) is 8.12. The Kier molecular flexibility index (Phi) is 5.36. The number of hydrogen-bond donors (Lipinski definition) is 2. The summed E-state index contributed by atoms with van der Waals surface area (Å²) in [5.74, 6) is 0.392. The van der Waals surface area contributed by atoms with Crippen molar-refractivity contribution in [2.75, 3.05) is 13.1 Å². The Morgan fingerprint density at radius 2 is 1.76 bits per heavy atom. The standard InChI is InChI=1S/C18H19N5O2/c24-17(13-20-18(25)14-7-2-1-3-8-14)19-11-6-10-16-22-21-15-9-4-5-12-23(15)16/h1-5,7-9,12H,6,10-11,13H2,(H,19,24)(H,20,25). The van der Waals surface area contributed by atoms with Crippen LogP contribution in [0.1, 0.15) is 22.6 Å². The minimum atomic E-state index is -0.259. The van der Waals surface area contributed by atoms with E-state index >= 15 is 0 Å². The molecule has 0 saturated carbocycles. The number of benzene rings is 1. The predicted molar refractivity (Wildman–Crippen MR) is 93.1 cm³/mol. The number of aryl methyl sites for hydroxylation is 1. The Bertz CT molecular complexity index is 860. The highest BCUT2D eigenvalue weighted by Crippen LogP contribution is 2.04. The lowest BCUT2D eigenvalue weighted by Crippen LogP contribution is -2.37. The van der Waals surface area contributed by atoms with Crippen molar-refractivity contribution in [2.45, 2.75) is 12.8 Å². The Balaban J connectivity index is 1.37. The summed E-state index contributed by atoms with van der Waals surface area (Å²) in [6.07, 6.45) is 3.37. The highest BCUT2D eigenvalue weighted by atomic mass is 16.2. The van der Waals surface area contributed by atoms with Crippen LogP contribution in [-0.4, -0.2) is 39.5 Å². The van der Waals surface area contributed by atoms with Crippen molar-refractivity contribution >= 4 is 17.5 Å². The maximum atomic E-state index is 11.8. The van der Waals surface area contributed by atoms with Gasteiger partial charge in [0, 0.05) is 24.7 Å². The summed E-state index contributed by atoms with van der Waals surface area (Å²) < 4.78 is 1.93. The molecule has 2 aromatic heterocycles. The van der Waals surface area contributed by atoms with Crippen LogP contribution in [0.2, 0.25) is 0 Å². The van der Waals surface area contributed by atoms with E-state index in [4.69, 9.17) is 0 Å². The number of nitrogens with zero attached hydrogens (tertiary/aromatic N) is 3. The van der Waals surface area contributed by atoms with Crippen molar-refractivity contribution in [3.8, 4) is 0 Å². The first kappa shape index (κ1) is 16.6. The average molecular weight is 337 g/mol. The molecule has 2 N–H and O–H groups in total. The van der Waals surface area contributed by atoms with Crippen LogP contribution in [-0.2, 0) is 11.2 Å². The molecule has 0 unspecified atom stereocenters. The summed E-state index contributed by atoms with van der Waals surface area (Å²) in [5, 5.41) is 13.6. The molecule has 7 heteroatoms. The first-order chi connectivity index (χ1) is 12.2. The molecule has 3 rings (SSSR count). The number of nitrogens with one attached hydrogen (secondary N) is 2. The number of carbonyl (C=O) groups is 2.